The third-order valence-electron chi connectivity index (χ3n) is 2.94. The Balaban J connectivity index is 2.33. The van der Waals surface area contributed by atoms with Gasteiger partial charge in [0.2, 0.25) is 0 Å². The average molecular weight is 295 g/mol. The van der Waals surface area contributed by atoms with E-state index in [0.29, 0.717) is 6.61 Å². The smallest absolute Gasteiger partial charge is 0.322 e. The van der Waals surface area contributed by atoms with Gasteiger partial charge >= 0.3 is 5.97 Å². The van der Waals surface area contributed by atoms with Crippen LogP contribution in [0.4, 0.5) is 0 Å². The van der Waals surface area contributed by atoms with Gasteiger partial charge < -0.3 is 19.9 Å². The number of aliphatic hydroxyl groups excluding tert-OH is 1. The minimum absolute atomic E-state index is 0.172. The summed E-state index contributed by atoms with van der Waals surface area (Å²) in [6, 6.07) is 5.47. The van der Waals surface area contributed by atoms with Gasteiger partial charge in [-0.15, -0.1) is 0 Å². The van der Waals surface area contributed by atoms with Crippen LogP contribution in [-0.4, -0.2) is 43.0 Å². The molecule has 1 aromatic carbocycles. The van der Waals surface area contributed by atoms with Gasteiger partial charge in [0.05, 0.1) is 6.61 Å². The minimum atomic E-state index is -0.692. The van der Waals surface area contributed by atoms with Gasteiger partial charge in [-0.2, -0.15) is 0 Å². The fraction of sp³-hybridized carbons (Fsp3) is 0.562. The number of aryl methyl sites for hydroxylation is 2. The standard InChI is InChI=1S/C16H25NO4/c1-5-20-16(19)13(4)17-9-14(18)10-21-15-7-11(2)6-12(3)8-15/h6-8,13-14,17-18H,5,9-10H2,1-4H3. The molecule has 0 aromatic heterocycles. The average Bonchev–Trinajstić information content (AvgIpc) is 2.41. The second kappa shape index (κ2) is 8.64. The summed E-state index contributed by atoms with van der Waals surface area (Å²) in [5.74, 6) is 0.421. The number of carbonyl (C=O) groups excluding carboxylic acids is 1. The van der Waals surface area contributed by atoms with E-state index in [1.165, 1.54) is 0 Å². The summed E-state index contributed by atoms with van der Waals surface area (Å²) < 4.78 is 10.4. The molecule has 0 bridgehead atoms. The van der Waals surface area contributed by atoms with Crippen molar-refractivity contribution in [2.45, 2.75) is 39.8 Å². The second-order valence-corrected chi connectivity index (χ2v) is 5.17. The molecule has 0 aliphatic heterocycles. The number of carbonyl (C=O) groups is 1. The number of aliphatic hydroxyl groups is 1. The number of ether oxygens (including phenoxy) is 2. The second-order valence-electron chi connectivity index (χ2n) is 5.17. The van der Waals surface area contributed by atoms with Crippen LogP contribution in [0.2, 0.25) is 0 Å². The summed E-state index contributed by atoms with van der Waals surface area (Å²) >= 11 is 0. The lowest BCUT2D eigenvalue weighted by atomic mass is 10.1. The third-order valence-corrected chi connectivity index (χ3v) is 2.94. The Morgan fingerprint density at radius 1 is 1.29 bits per heavy atom. The fourth-order valence-corrected chi connectivity index (χ4v) is 1.93. The van der Waals surface area contributed by atoms with Gasteiger partial charge in [-0.3, -0.25) is 4.79 Å². The Bertz CT molecular complexity index is 441. The van der Waals surface area contributed by atoms with Crippen molar-refractivity contribution in [3.8, 4) is 5.75 Å². The van der Waals surface area contributed by atoms with Crippen LogP contribution >= 0.6 is 0 Å². The SMILES string of the molecule is CCOC(=O)C(C)NCC(O)COc1cc(C)cc(C)c1. The molecule has 0 heterocycles. The van der Waals surface area contributed by atoms with Gasteiger partial charge in [0.1, 0.15) is 24.5 Å². The molecule has 0 saturated carbocycles. The first-order valence-electron chi connectivity index (χ1n) is 7.21. The van der Waals surface area contributed by atoms with Crippen LogP contribution in [0.5, 0.6) is 5.75 Å². The largest absolute Gasteiger partial charge is 0.491 e. The van der Waals surface area contributed by atoms with Crippen molar-refractivity contribution in [1.29, 1.82) is 0 Å². The maximum absolute atomic E-state index is 11.4. The molecular formula is C16H25NO4. The molecular weight excluding hydrogens is 270 g/mol. The zero-order chi connectivity index (χ0) is 15.8. The summed E-state index contributed by atoms with van der Waals surface area (Å²) in [5, 5.41) is 12.8. The van der Waals surface area contributed by atoms with Crippen LogP contribution in [0.15, 0.2) is 18.2 Å². The molecule has 21 heavy (non-hydrogen) atoms. The van der Waals surface area contributed by atoms with Crippen LogP contribution < -0.4 is 10.1 Å². The van der Waals surface area contributed by atoms with Crippen molar-refractivity contribution >= 4 is 5.97 Å². The zero-order valence-electron chi connectivity index (χ0n) is 13.2. The van der Waals surface area contributed by atoms with Crippen molar-refractivity contribution in [2.75, 3.05) is 19.8 Å². The number of esters is 1. The van der Waals surface area contributed by atoms with Crippen molar-refractivity contribution in [1.82, 2.24) is 5.32 Å². The topological polar surface area (TPSA) is 67.8 Å². The highest BCUT2D eigenvalue weighted by molar-refractivity contribution is 5.75. The molecule has 0 radical (unpaired) electrons. The van der Waals surface area contributed by atoms with Crippen molar-refractivity contribution in [2.24, 2.45) is 0 Å². The van der Waals surface area contributed by atoms with E-state index in [1.54, 1.807) is 13.8 Å². The maximum atomic E-state index is 11.4. The van der Waals surface area contributed by atoms with Crippen LogP contribution in [0.3, 0.4) is 0 Å². The van der Waals surface area contributed by atoms with Gasteiger partial charge in [0.25, 0.3) is 0 Å². The monoisotopic (exact) mass is 295 g/mol. The lowest BCUT2D eigenvalue weighted by molar-refractivity contribution is -0.145. The van der Waals surface area contributed by atoms with E-state index in [1.807, 2.05) is 26.0 Å². The van der Waals surface area contributed by atoms with Crippen molar-refractivity contribution in [3.63, 3.8) is 0 Å². The molecule has 0 aliphatic rings. The molecule has 5 nitrogen and oxygen atoms in total. The minimum Gasteiger partial charge on any atom is -0.491 e. The lowest BCUT2D eigenvalue weighted by Crippen LogP contribution is -2.41. The summed E-state index contributed by atoms with van der Waals surface area (Å²) in [4.78, 5) is 11.4. The Labute approximate surface area is 126 Å². The number of nitrogens with one attached hydrogen (secondary N) is 1. The number of hydrogen-bond acceptors (Lipinski definition) is 5. The summed E-state index contributed by atoms with van der Waals surface area (Å²) in [6.07, 6.45) is -0.692. The molecule has 2 atom stereocenters. The van der Waals surface area contributed by atoms with E-state index < -0.39 is 12.1 Å². The van der Waals surface area contributed by atoms with Gasteiger partial charge in [0.15, 0.2) is 0 Å². The molecule has 0 fully saturated rings. The Morgan fingerprint density at radius 2 is 1.90 bits per heavy atom. The van der Waals surface area contributed by atoms with Crippen LogP contribution in [-0.2, 0) is 9.53 Å². The highest BCUT2D eigenvalue weighted by Gasteiger charge is 2.15. The molecule has 0 spiro atoms. The number of rotatable bonds is 8. The van der Waals surface area contributed by atoms with E-state index >= 15 is 0 Å². The fourth-order valence-electron chi connectivity index (χ4n) is 1.93. The number of benzene rings is 1. The predicted octanol–water partition coefficient (Wildman–Crippen LogP) is 1.58. The summed E-state index contributed by atoms with van der Waals surface area (Å²) in [5.41, 5.74) is 2.24. The molecule has 2 unspecified atom stereocenters. The van der Waals surface area contributed by atoms with E-state index in [0.717, 1.165) is 16.9 Å². The van der Waals surface area contributed by atoms with Gasteiger partial charge in [-0.05, 0) is 51.0 Å². The van der Waals surface area contributed by atoms with Crippen LogP contribution in [0.25, 0.3) is 0 Å². The van der Waals surface area contributed by atoms with Crippen molar-refractivity contribution < 1.29 is 19.4 Å². The molecule has 0 amide bonds. The normalized spacial score (nSPS) is 13.6. The van der Waals surface area contributed by atoms with Crippen LogP contribution in [0.1, 0.15) is 25.0 Å². The van der Waals surface area contributed by atoms with E-state index in [2.05, 4.69) is 11.4 Å². The Kier molecular flexibility index (Phi) is 7.19. The van der Waals surface area contributed by atoms with Gasteiger partial charge in [0, 0.05) is 6.54 Å². The zero-order valence-corrected chi connectivity index (χ0v) is 13.2. The van der Waals surface area contributed by atoms with E-state index in [9.17, 15) is 9.90 Å². The quantitative estimate of drug-likeness (QED) is 0.713. The molecule has 0 saturated heterocycles. The molecule has 2 N–H and O–H groups in total. The highest BCUT2D eigenvalue weighted by atomic mass is 16.5. The number of hydrogen-bond donors (Lipinski definition) is 2. The predicted molar refractivity (Wildman–Crippen MR) is 81.5 cm³/mol. The Hall–Kier alpha value is -1.59. The summed E-state index contributed by atoms with van der Waals surface area (Å²) in [6.45, 7) is 8.25. The van der Waals surface area contributed by atoms with Gasteiger partial charge in [-0.1, -0.05) is 6.07 Å². The first kappa shape index (κ1) is 17.5. The van der Waals surface area contributed by atoms with Gasteiger partial charge in [-0.25, -0.2) is 0 Å². The molecule has 0 aliphatic carbocycles. The van der Waals surface area contributed by atoms with Crippen LogP contribution in [0, 0.1) is 13.8 Å². The first-order valence-corrected chi connectivity index (χ1v) is 7.21. The van der Waals surface area contributed by atoms with Crippen molar-refractivity contribution in [3.05, 3.63) is 29.3 Å². The third kappa shape index (κ3) is 6.60. The molecule has 1 rings (SSSR count). The summed E-state index contributed by atoms with van der Waals surface area (Å²) in [7, 11) is 0. The van der Waals surface area contributed by atoms with E-state index in [-0.39, 0.29) is 19.1 Å². The maximum Gasteiger partial charge on any atom is 0.322 e. The Morgan fingerprint density at radius 3 is 2.48 bits per heavy atom. The molecule has 1 aromatic rings. The molecule has 118 valence electrons. The highest BCUT2D eigenvalue weighted by Crippen LogP contribution is 2.16. The van der Waals surface area contributed by atoms with E-state index in [4.69, 9.17) is 9.47 Å². The molecule has 5 heteroatoms. The lowest BCUT2D eigenvalue weighted by Gasteiger charge is -2.17. The first-order chi connectivity index (χ1) is 9.92.